The van der Waals surface area contributed by atoms with E-state index in [9.17, 15) is 19.2 Å². The third-order valence-corrected chi connectivity index (χ3v) is 8.78. The lowest BCUT2D eigenvalue weighted by molar-refractivity contribution is -0.131. The van der Waals surface area contributed by atoms with Crippen molar-refractivity contribution >= 4 is 41.0 Å². The summed E-state index contributed by atoms with van der Waals surface area (Å²) in [5, 5.41) is 6.02. The summed E-state index contributed by atoms with van der Waals surface area (Å²) in [5.41, 5.74) is 2.62. The minimum absolute atomic E-state index is 0.0533. The van der Waals surface area contributed by atoms with Crippen LogP contribution in [0.1, 0.15) is 71.7 Å². The zero-order chi connectivity index (χ0) is 28.9. The molecule has 2 aromatic carbocycles. The fourth-order valence-electron chi connectivity index (χ4n) is 6.24. The molecule has 3 aliphatic heterocycles. The van der Waals surface area contributed by atoms with E-state index in [0.29, 0.717) is 49.6 Å². The van der Waals surface area contributed by atoms with Gasteiger partial charge >= 0.3 is 6.03 Å². The third kappa shape index (κ3) is 6.67. The fourth-order valence-corrected chi connectivity index (χ4v) is 6.47. The molecule has 41 heavy (non-hydrogen) atoms. The molecule has 2 saturated heterocycles. The monoisotopic (exact) mass is 579 g/mol. The highest BCUT2D eigenvalue weighted by Gasteiger charge is 2.31. The van der Waals surface area contributed by atoms with Crippen LogP contribution in [0, 0.1) is 0 Å². The molecule has 1 atom stereocenters. The van der Waals surface area contributed by atoms with Crippen molar-refractivity contribution in [3.8, 4) is 0 Å². The van der Waals surface area contributed by atoms with Gasteiger partial charge in [0.25, 0.3) is 11.8 Å². The van der Waals surface area contributed by atoms with Crippen molar-refractivity contribution < 1.29 is 19.2 Å². The predicted molar refractivity (Wildman–Crippen MR) is 158 cm³/mol. The summed E-state index contributed by atoms with van der Waals surface area (Å²) in [7, 11) is 0. The maximum Gasteiger partial charge on any atom is 0.322 e. The molecule has 5 amide bonds. The Hall–Kier alpha value is -3.59. The number of carbonyl (C=O) groups is 4. The second kappa shape index (κ2) is 12.9. The average molecular weight is 580 g/mol. The van der Waals surface area contributed by atoms with E-state index in [-0.39, 0.29) is 42.0 Å². The Labute approximate surface area is 246 Å². The lowest BCUT2D eigenvalue weighted by Gasteiger charge is -2.38. The molecule has 2 fully saturated rings. The number of amides is 5. The molecule has 5 rings (SSSR count). The van der Waals surface area contributed by atoms with E-state index < -0.39 is 5.91 Å². The van der Waals surface area contributed by atoms with E-state index in [0.717, 1.165) is 43.4 Å². The first-order valence-corrected chi connectivity index (χ1v) is 15.0. The first-order valence-electron chi connectivity index (χ1n) is 14.7. The smallest absolute Gasteiger partial charge is 0.322 e. The molecule has 0 spiro atoms. The van der Waals surface area contributed by atoms with Crippen molar-refractivity contribution in [1.29, 1.82) is 0 Å². The van der Waals surface area contributed by atoms with Crippen LogP contribution in [0.25, 0.3) is 0 Å². The number of anilines is 1. The van der Waals surface area contributed by atoms with Crippen LogP contribution in [0.2, 0.25) is 5.02 Å². The Kier molecular flexibility index (Phi) is 9.12. The summed E-state index contributed by atoms with van der Waals surface area (Å²) >= 11 is 6.30. The number of hydrogen-bond acceptors (Lipinski definition) is 4. The number of nitrogens with one attached hydrogen (secondary N) is 2. The van der Waals surface area contributed by atoms with Crippen molar-refractivity contribution in [2.75, 3.05) is 38.0 Å². The highest BCUT2D eigenvalue weighted by molar-refractivity contribution is 6.31. The van der Waals surface area contributed by atoms with Crippen LogP contribution < -0.4 is 10.6 Å². The van der Waals surface area contributed by atoms with Gasteiger partial charge in [-0.1, -0.05) is 36.7 Å². The van der Waals surface area contributed by atoms with E-state index >= 15 is 0 Å². The van der Waals surface area contributed by atoms with Crippen LogP contribution in [0.5, 0.6) is 0 Å². The number of para-hydroxylation sites is 1. The van der Waals surface area contributed by atoms with E-state index in [4.69, 9.17) is 11.6 Å². The molecule has 10 heteroatoms. The molecule has 0 saturated carbocycles. The van der Waals surface area contributed by atoms with Crippen molar-refractivity contribution in [1.82, 2.24) is 20.0 Å². The normalized spacial score (nSPS) is 19.7. The molecule has 3 aliphatic rings. The molecular weight excluding hydrogens is 542 g/mol. The molecule has 1 unspecified atom stereocenters. The predicted octanol–water partition coefficient (Wildman–Crippen LogP) is 4.56. The first-order chi connectivity index (χ1) is 19.8. The lowest BCUT2D eigenvalue weighted by atomic mass is 9.98. The van der Waals surface area contributed by atoms with Gasteiger partial charge in [-0.15, -0.1) is 0 Å². The maximum absolute atomic E-state index is 13.3. The number of hydrogen-bond donors (Lipinski definition) is 2. The Morgan fingerprint density at radius 2 is 1.73 bits per heavy atom. The number of nitrogens with zero attached hydrogens (tertiary/aromatic N) is 3. The van der Waals surface area contributed by atoms with Gasteiger partial charge in [-0.2, -0.15) is 0 Å². The first kappa shape index (κ1) is 28.9. The van der Waals surface area contributed by atoms with Crippen LogP contribution in [0.4, 0.5) is 10.5 Å². The second-order valence-electron chi connectivity index (χ2n) is 11.1. The average Bonchev–Trinajstić information content (AvgIpc) is 3.17. The largest absolute Gasteiger partial charge is 0.343 e. The highest BCUT2D eigenvalue weighted by atomic mass is 35.5. The number of carbonyl (C=O) groups excluding carboxylic acids is 4. The van der Waals surface area contributed by atoms with Gasteiger partial charge < -0.3 is 25.3 Å². The molecule has 0 bridgehead atoms. The Bertz CT molecular complexity index is 1310. The van der Waals surface area contributed by atoms with Gasteiger partial charge in [-0.25, -0.2) is 4.79 Å². The molecule has 0 aromatic heterocycles. The van der Waals surface area contributed by atoms with Gasteiger partial charge in [-0.05, 0) is 74.8 Å². The lowest BCUT2D eigenvalue weighted by Crippen LogP contribution is -2.51. The quantitative estimate of drug-likeness (QED) is 0.524. The van der Waals surface area contributed by atoms with Crippen LogP contribution in [-0.4, -0.2) is 83.3 Å². The molecule has 2 aromatic rings. The Balaban J connectivity index is 1.13. The van der Waals surface area contributed by atoms with Gasteiger partial charge in [0, 0.05) is 60.1 Å². The molecule has 9 nitrogen and oxygen atoms in total. The van der Waals surface area contributed by atoms with Gasteiger partial charge in [0.1, 0.15) is 0 Å². The second-order valence-corrected chi connectivity index (χ2v) is 11.5. The number of piperidine rings is 2. The molecule has 2 N–H and O–H groups in total. The molecule has 218 valence electrons. The summed E-state index contributed by atoms with van der Waals surface area (Å²) in [6, 6.07) is 12.7. The zero-order valence-electron chi connectivity index (χ0n) is 23.5. The SMILES string of the molecule is CCC1CCCCN1C(=O)c1cc(Cl)cc(C(=O)NCC(=O)N2CCC(N3CCc4ccccc4NC3=O)CC2)c1. The fraction of sp³-hybridized carbons (Fsp3) is 0.484. The van der Waals surface area contributed by atoms with Crippen LogP contribution >= 0.6 is 11.6 Å². The summed E-state index contributed by atoms with van der Waals surface area (Å²) in [6.07, 6.45) is 6.09. The highest BCUT2D eigenvalue weighted by Crippen LogP contribution is 2.26. The standard InChI is InChI=1S/C31H38ClN5O4/c1-2-25-8-5-6-13-36(25)30(40)23-17-22(18-24(32)19-23)29(39)33-20-28(38)35-14-11-26(12-15-35)37-16-10-21-7-3-4-9-27(21)34-31(37)41/h3-4,7,9,17-19,25-26H,2,5-6,8,10-16,20H2,1H3,(H,33,39)(H,34,41). The van der Waals surface area contributed by atoms with Crippen molar-refractivity contribution in [3.63, 3.8) is 0 Å². The van der Waals surface area contributed by atoms with E-state index in [2.05, 4.69) is 17.6 Å². The minimum Gasteiger partial charge on any atom is -0.343 e. The Morgan fingerprint density at radius 1 is 0.976 bits per heavy atom. The maximum atomic E-state index is 13.3. The summed E-state index contributed by atoms with van der Waals surface area (Å²) in [6.45, 7) is 4.30. The number of urea groups is 1. The molecular formula is C31H38ClN5O4. The van der Waals surface area contributed by atoms with Crippen LogP contribution in [-0.2, 0) is 11.2 Å². The van der Waals surface area contributed by atoms with Crippen LogP contribution in [0.3, 0.4) is 0 Å². The van der Waals surface area contributed by atoms with E-state index in [1.165, 1.54) is 6.07 Å². The van der Waals surface area contributed by atoms with E-state index in [1.807, 2.05) is 34.1 Å². The third-order valence-electron chi connectivity index (χ3n) is 8.57. The summed E-state index contributed by atoms with van der Waals surface area (Å²) in [4.78, 5) is 57.5. The van der Waals surface area contributed by atoms with Crippen molar-refractivity contribution in [3.05, 3.63) is 64.2 Å². The zero-order valence-corrected chi connectivity index (χ0v) is 24.3. The minimum atomic E-state index is -0.448. The van der Waals surface area contributed by atoms with E-state index in [1.54, 1.807) is 17.0 Å². The topological polar surface area (TPSA) is 102 Å². The summed E-state index contributed by atoms with van der Waals surface area (Å²) in [5.74, 6) is -0.743. The number of halogens is 1. The van der Waals surface area contributed by atoms with Crippen LogP contribution in [0.15, 0.2) is 42.5 Å². The van der Waals surface area contributed by atoms with Gasteiger partial charge in [0.05, 0.1) is 6.54 Å². The number of benzene rings is 2. The molecule has 3 heterocycles. The van der Waals surface area contributed by atoms with Gasteiger partial charge in [-0.3, -0.25) is 14.4 Å². The molecule has 0 aliphatic carbocycles. The molecule has 0 radical (unpaired) electrons. The number of likely N-dealkylation sites (tertiary alicyclic amines) is 2. The number of rotatable bonds is 6. The number of fused-ring (bicyclic) bond motifs is 1. The van der Waals surface area contributed by atoms with Crippen molar-refractivity contribution in [2.24, 2.45) is 0 Å². The van der Waals surface area contributed by atoms with Gasteiger partial charge in [0.2, 0.25) is 5.91 Å². The van der Waals surface area contributed by atoms with Crippen molar-refractivity contribution in [2.45, 2.75) is 64.0 Å². The summed E-state index contributed by atoms with van der Waals surface area (Å²) < 4.78 is 0. The Morgan fingerprint density at radius 3 is 2.51 bits per heavy atom. The van der Waals surface area contributed by atoms with Gasteiger partial charge in [0.15, 0.2) is 0 Å².